The van der Waals surface area contributed by atoms with Gasteiger partial charge >= 0.3 is 0 Å². The highest BCUT2D eigenvalue weighted by Gasteiger charge is 2.22. The Balaban J connectivity index is 1.45. The number of benzene rings is 2. The van der Waals surface area contributed by atoms with Crippen LogP contribution in [0.3, 0.4) is 0 Å². The largest absolute Gasteiger partial charge is 0.493 e. The van der Waals surface area contributed by atoms with E-state index in [-0.39, 0.29) is 11.8 Å². The van der Waals surface area contributed by atoms with E-state index in [1.807, 2.05) is 36.9 Å². The molecule has 160 valence electrons. The molecule has 0 radical (unpaired) electrons. The predicted octanol–water partition coefficient (Wildman–Crippen LogP) is 3.98. The van der Waals surface area contributed by atoms with Gasteiger partial charge in [-0.15, -0.1) is 0 Å². The molecule has 0 aliphatic carbocycles. The van der Waals surface area contributed by atoms with Crippen LogP contribution in [0.4, 0.5) is 4.39 Å². The number of hydrogen-bond donors (Lipinski definition) is 0. The molecule has 1 aliphatic rings. The molecule has 2 aromatic carbocycles. The Morgan fingerprint density at radius 3 is 2.37 bits per heavy atom. The van der Waals surface area contributed by atoms with E-state index in [1.54, 1.807) is 11.0 Å². The van der Waals surface area contributed by atoms with Gasteiger partial charge in [0.2, 0.25) is 5.91 Å². The van der Waals surface area contributed by atoms with Crippen molar-refractivity contribution in [3.05, 3.63) is 65.0 Å². The molecule has 1 saturated heterocycles. The molecule has 1 heterocycles. The summed E-state index contributed by atoms with van der Waals surface area (Å²) in [5, 5.41) is 0. The number of aryl methyl sites for hydroxylation is 2. The topological polar surface area (TPSA) is 49.9 Å². The van der Waals surface area contributed by atoms with Crippen LogP contribution < -0.4 is 4.74 Å². The molecule has 0 unspecified atom stereocenters. The van der Waals surface area contributed by atoms with E-state index >= 15 is 0 Å². The van der Waals surface area contributed by atoms with E-state index in [1.165, 1.54) is 18.2 Å². The van der Waals surface area contributed by atoms with Crippen molar-refractivity contribution in [1.82, 2.24) is 9.80 Å². The molecule has 0 aromatic heterocycles. The van der Waals surface area contributed by atoms with Gasteiger partial charge in [-0.05, 0) is 56.0 Å². The molecule has 6 heteroatoms. The second-order valence-electron chi connectivity index (χ2n) is 7.71. The molecule has 1 fully saturated rings. The average molecular weight is 413 g/mol. The van der Waals surface area contributed by atoms with Gasteiger partial charge in [0.15, 0.2) is 0 Å². The highest BCUT2D eigenvalue weighted by Crippen LogP contribution is 2.22. The Labute approximate surface area is 177 Å². The predicted molar refractivity (Wildman–Crippen MR) is 114 cm³/mol. The van der Waals surface area contributed by atoms with Crippen LogP contribution in [0.1, 0.15) is 40.7 Å². The summed E-state index contributed by atoms with van der Waals surface area (Å²) >= 11 is 0. The smallest absolute Gasteiger partial charge is 0.254 e. The number of rotatable bonds is 6. The van der Waals surface area contributed by atoms with E-state index in [4.69, 9.17) is 4.74 Å². The average Bonchev–Trinajstić information content (AvgIpc) is 2.98. The van der Waals surface area contributed by atoms with Crippen LogP contribution in [-0.2, 0) is 4.79 Å². The van der Waals surface area contributed by atoms with Gasteiger partial charge in [0.05, 0.1) is 6.61 Å². The van der Waals surface area contributed by atoms with Crippen LogP contribution in [0, 0.1) is 19.7 Å². The summed E-state index contributed by atoms with van der Waals surface area (Å²) in [5.74, 6) is 0.368. The SMILES string of the molecule is Cc1cccc(C)c1OCCCC(=O)N1CCCN(C(=O)c2cccc(F)c2)CC1. The fraction of sp³-hybridized carbons (Fsp3) is 0.417. The first-order valence-electron chi connectivity index (χ1n) is 10.5. The molecule has 0 saturated carbocycles. The number of halogens is 1. The quantitative estimate of drug-likeness (QED) is 0.675. The van der Waals surface area contributed by atoms with E-state index in [9.17, 15) is 14.0 Å². The summed E-state index contributed by atoms with van der Waals surface area (Å²) in [6.45, 7) is 6.68. The molecule has 3 rings (SSSR count). The van der Waals surface area contributed by atoms with Crippen molar-refractivity contribution < 1.29 is 18.7 Å². The molecule has 0 spiro atoms. The van der Waals surface area contributed by atoms with Gasteiger partial charge in [-0.3, -0.25) is 9.59 Å². The van der Waals surface area contributed by atoms with Gasteiger partial charge < -0.3 is 14.5 Å². The summed E-state index contributed by atoms with van der Waals surface area (Å²) in [4.78, 5) is 28.7. The number of amides is 2. The second-order valence-corrected chi connectivity index (χ2v) is 7.71. The summed E-state index contributed by atoms with van der Waals surface area (Å²) in [5.41, 5.74) is 2.53. The minimum Gasteiger partial charge on any atom is -0.493 e. The van der Waals surface area contributed by atoms with Gasteiger partial charge in [0.1, 0.15) is 11.6 Å². The Hall–Kier alpha value is -2.89. The third-order valence-corrected chi connectivity index (χ3v) is 5.40. The number of hydrogen-bond acceptors (Lipinski definition) is 3. The van der Waals surface area contributed by atoms with Crippen molar-refractivity contribution in [2.24, 2.45) is 0 Å². The number of carbonyl (C=O) groups is 2. The van der Waals surface area contributed by atoms with Gasteiger partial charge in [-0.25, -0.2) is 4.39 Å². The van der Waals surface area contributed by atoms with Gasteiger partial charge in [-0.2, -0.15) is 0 Å². The zero-order valence-electron chi connectivity index (χ0n) is 17.7. The molecule has 1 aliphatic heterocycles. The Bertz CT molecular complexity index is 880. The number of nitrogens with zero attached hydrogens (tertiary/aromatic N) is 2. The number of para-hydroxylation sites is 1. The van der Waals surface area contributed by atoms with E-state index in [0.717, 1.165) is 16.9 Å². The third-order valence-electron chi connectivity index (χ3n) is 5.40. The molecule has 0 bridgehead atoms. The Morgan fingerprint density at radius 1 is 0.967 bits per heavy atom. The minimum atomic E-state index is -0.421. The van der Waals surface area contributed by atoms with Crippen molar-refractivity contribution in [3.8, 4) is 5.75 Å². The van der Waals surface area contributed by atoms with Crippen LogP contribution in [0.15, 0.2) is 42.5 Å². The lowest BCUT2D eigenvalue weighted by molar-refractivity contribution is -0.131. The molecule has 2 aromatic rings. The maximum atomic E-state index is 13.4. The first-order chi connectivity index (χ1) is 14.5. The number of carbonyl (C=O) groups excluding carboxylic acids is 2. The van der Waals surface area contributed by atoms with E-state index in [0.29, 0.717) is 57.6 Å². The summed E-state index contributed by atoms with van der Waals surface area (Å²) in [7, 11) is 0. The number of ether oxygens (including phenoxy) is 1. The van der Waals surface area contributed by atoms with E-state index < -0.39 is 5.82 Å². The highest BCUT2D eigenvalue weighted by atomic mass is 19.1. The van der Waals surface area contributed by atoms with Gasteiger partial charge in [0.25, 0.3) is 5.91 Å². The maximum Gasteiger partial charge on any atom is 0.254 e. The van der Waals surface area contributed by atoms with Crippen molar-refractivity contribution >= 4 is 11.8 Å². The minimum absolute atomic E-state index is 0.0835. The normalized spacial score (nSPS) is 14.4. The lowest BCUT2D eigenvalue weighted by atomic mass is 10.1. The molecular weight excluding hydrogens is 383 g/mol. The summed E-state index contributed by atoms with van der Waals surface area (Å²) < 4.78 is 19.3. The first kappa shape index (κ1) is 21.8. The second kappa shape index (κ2) is 10.2. The fourth-order valence-corrected chi connectivity index (χ4v) is 3.76. The summed E-state index contributed by atoms with van der Waals surface area (Å²) in [6, 6.07) is 11.8. The molecular formula is C24H29FN2O3. The van der Waals surface area contributed by atoms with Crippen LogP contribution in [-0.4, -0.2) is 54.4 Å². The van der Waals surface area contributed by atoms with Crippen LogP contribution in [0.2, 0.25) is 0 Å². The lowest BCUT2D eigenvalue weighted by Gasteiger charge is -2.22. The monoisotopic (exact) mass is 412 g/mol. The Morgan fingerprint density at radius 2 is 1.63 bits per heavy atom. The van der Waals surface area contributed by atoms with Crippen molar-refractivity contribution in [1.29, 1.82) is 0 Å². The van der Waals surface area contributed by atoms with Crippen LogP contribution in [0.5, 0.6) is 5.75 Å². The van der Waals surface area contributed by atoms with Gasteiger partial charge in [-0.1, -0.05) is 24.3 Å². The Kier molecular flexibility index (Phi) is 7.44. The highest BCUT2D eigenvalue weighted by molar-refractivity contribution is 5.94. The van der Waals surface area contributed by atoms with E-state index in [2.05, 4.69) is 0 Å². The standard InChI is InChI=1S/C24H29FN2O3/c1-18-7-3-8-19(2)23(18)30-16-5-11-22(28)26-12-6-13-27(15-14-26)24(29)20-9-4-10-21(25)17-20/h3-4,7-10,17H,5-6,11-16H2,1-2H3. The zero-order chi connectivity index (χ0) is 21.5. The van der Waals surface area contributed by atoms with Crippen molar-refractivity contribution in [2.45, 2.75) is 33.1 Å². The maximum absolute atomic E-state index is 13.4. The lowest BCUT2D eigenvalue weighted by Crippen LogP contribution is -2.37. The van der Waals surface area contributed by atoms with Crippen molar-refractivity contribution in [3.63, 3.8) is 0 Å². The molecule has 5 nitrogen and oxygen atoms in total. The van der Waals surface area contributed by atoms with Gasteiger partial charge in [0, 0.05) is 38.2 Å². The van der Waals surface area contributed by atoms with Crippen molar-refractivity contribution in [2.75, 3.05) is 32.8 Å². The molecule has 2 amide bonds. The molecule has 30 heavy (non-hydrogen) atoms. The molecule has 0 atom stereocenters. The first-order valence-corrected chi connectivity index (χ1v) is 10.5. The summed E-state index contributed by atoms with van der Waals surface area (Å²) in [6.07, 6.45) is 1.78. The van der Waals surface area contributed by atoms with Crippen LogP contribution >= 0.6 is 0 Å². The third kappa shape index (κ3) is 5.59. The van der Waals surface area contributed by atoms with Crippen LogP contribution in [0.25, 0.3) is 0 Å². The fourth-order valence-electron chi connectivity index (χ4n) is 3.76. The zero-order valence-corrected chi connectivity index (χ0v) is 17.7. The molecule has 0 N–H and O–H groups in total.